The molecule has 190 valence electrons. The van der Waals surface area contributed by atoms with E-state index < -0.39 is 23.5 Å². The average molecular weight is 496 g/mol. The van der Waals surface area contributed by atoms with Crippen LogP contribution in [0.3, 0.4) is 0 Å². The summed E-state index contributed by atoms with van der Waals surface area (Å²) in [4.78, 5) is 28.2. The quantitative estimate of drug-likeness (QED) is 0.231. The standard InChI is InChI=1S/C32H33NO4/c1-2-3-10-22-37-27-17-11-16-26(23-27)30-29(28(34)19-18-24-12-6-4-7-13-24)31(35)32(36)33(30)21-20-25-14-8-5-9-15-25/h4-9,11-19,23,30,35H,2-3,10,20-22H2,1H3. The zero-order valence-corrected chi connectivity index (χ0v) is 21.2. The fraction of sp³-hybridized carbons (Fsp3) is 0.250. The molecule has 1 aliphatic heterocycles. The molecule has 5 heteroatoms. The molecule has 1 unspecified atom stereocenters. The number of hydrogen-bond donors (Lipinski definition) is 1. The Morgan fingerprint density at radius 3 is 2.43 bits per heavy atom. The molecular formula is C32H33NO4. The zero-order valence-electron chi connectivity index (χ0n) is 21.2. The second-order valence-electron chi connectivity index (χ2n) is 9.14. The molecule has 1 atom stereocenters. The van der Waals surface area contributed by atoms with Crippen LogP contribution in [0.25, 0.3) is 6.08 Å². The van der Waals surface area contributed by atoms with Gasteiger partial charge in [-0.1, -0.05) is 98.6 Å². The molecule has 3 aromatic carbocycles. The van der Waals surface area contributed by atoms with Gasteiger partial charge in [0.15, 0.2) is 11.5 Å². The van der Waals surface area contributed by atoms with E-state index >= 15 is 0 Å². The number of carbonyl (C=O) groups is 2. The predicted octanol–water partition coefficient (Wildman–Crippen LogP) is 6.48. The molecule has 1 heterocycles. The summed E-state index contributed by atoms with van der Waals surface area (Å²) < 4.78 is 5.95. The monoisotopic (exact) mass is 495 g/mol. The Bertz CT molecular complexity index is 1260. The number of ether oxygens (including phenoxy) is 1. The van der Waals surface area contributed by atoms with Crippen molar-refractivity contribution in [3.05, 3.63) is 119 Å². The van der Waals surface area contributed by atoms with E-state index in [0.29, 0.717) is 25.3 Å². The number of ketones is 1. The Morgan fingerprint density at radius 2 is 1.70 bits per heavy atom. The molecule has 0 aliphatic carbocycles. The molecule has 5 nitrogen and oxygen atoms in total. The normalized spacial score (nSPS) is 15.5. The maximum atomic E-state index is 13.4. The van der Waals surface area contributed by atoms with E-state index in [1.807, 2.05) is 84.9 Å². The minimum atomic E-state index is -0.705. The first kappa shape index (κ1) is 26.0. The van der Waals surface area contributed by atoms with Gasteiger partial charge in [0.25, 0.3) is 5.91 Å². The molecule has 4 rings (SSSR count). The molecule has 0 saturated carbocycles. The molecule has 3 aromatic rings. The highest BCUT2D eigenvalue weighted by atomic mass is 16.5. The van der Waals surface area contributed by atoms with Gasteiger partial charge in [0.1, 0.15) is 5.75 Å². The van der Waals surface area contributed by atoms with Gasteiger partial charge in [0.2, 0.25) is 0 Å². The number of benzene rings is 3. The molecule has 1 N–H and O–H groups in total. The second kappa shape index (κ2) is 12.7. The van der Waals surface area contributed by atoms with E-state index in [0.717, 1.165) is 36.0 Å². The van der Waals surface area contributed by atoms with E-state index in [1.165, 1.54) is 6.08 Å². The Kier molecular flexibility index (Phi) is 8.93. The van der Waals surface area contributed by atoms with Crippen LogP contribution in [0.15, 0.2) is 102 Å². The van der Waals surface area contributed by atoms with Crippen molar-refractivity contribution in [2.75, 3.05) is 13.2 Å². The molecule has 0 bridgehead atoms. The van der Waals surface area contributed by atoms with Crippen LogP contribution < -0.4 is 4.74 Å². The van der Waals surface area contributed by atoms with Crippen molar-refractivity contribution < 1.29 is 19.4 Å². The number of aliphatic hydroxyl groups excluding tert-OH is 1. The van der Waals surface area contributed by atoms with Crippen molar-refractivity contribution in [2.24, 2.45) is 0 Å². The number of unbranched alkanes of at least 4 members (excludes halogenated alkanes) is 2. The fourth-order valence-corrected chi connectivity index (χ4v) is 4.52. The van der Waals surface area contributed by atoms with Crippen LogP contribution in [-0.2, 0) is 16.0 Å². The third-order valence-electron chi connectivity index (χ3n) is 6.47. The van der Waals surface area contributed by atoms with E-state index in [-0.39, 0.29) is 5.57 Å². The maximum Gasteiger partial charge on any atom is 0.290 e. The highest BCUT2D eigenvalue weighted by molar-refractivity contribution is 6.14. The Labute approximate surface area is 218 Å². The van der Waals surface area contributed by atoms with Crippen molar-refractivity contribution in [3.8, 4) is 5.75 Å². The lowest BCUT2D eigenvalue weighted by molar-refractivity contribution is -0.129. The summed E-state index contributed by atoms with van der Waals surface area (Å²) in [5, 5.41) is 10.9. The van der Waals surface area contributed by atoms with Crippen LogP contribution in [0.4, 0.5) is 0 Å². The fourth-order valence-electron chi connectivity index (χ4n) is 4.52. The van der Waals surface area contributed by atoms with Crippen LogP contribution in [-0.4, -0.2) is 34.8 Å². The highest BCUT2D eigenvalue weighted by Crippen LogP contribution is 2.39. The second-order valence-corrected chi connectivity index (χ2v) is 9.14. The molecule has 0 aromatic heterocycles. The third-order valence-corrected chi connectivity index (χ3v) is 6.47. The number of aliphatic hydroxyl groups is 1. The summed E-state index contributed by atoms with van der Waals surface area (Å²) in [6, 6.07) is 26.1. The summed E-state index contributed by atoms with van der Waals surface area (Å²) in [7, 11) is 0. The lowest BCUT2D eigenvalue weighted by Crippen LogP contribution is -2.33. The molecule has 0 radical (unpaired) electrons. The molecule has 0 fully saturated rings. The Hall–Kier alpha value is -4.12. The summed E-state index contributed by atoms with van der Waals surface area (Å²) in [6.07, 6.45) is 6.88. The number of amides is 1. The van der Waals surface area contributed by atoms with Crippen molar-refractivity contribution in [3.63, 3.8) is 0 Å². The maximum absolute atomic E-state index is 13.4. The van der Waals surface area contributed by atoms with Gasteiger partial charge in [0.05, 0.1) is 18.2 Å². The molecular weight excluding hydrogens is 462 g/mol. The number of carbonyl (C=O) groups excluding carboxylic acids is 2. The highest BCUT2D eigenvalue weighted by Gasteiger charge is 2.42. The van der Waals surface area contributed by atoms with E-state index in [4.69, 9.17) is 4.74 Å². The van der Waals surface area contributed by atoms with Crippen LogP contribution >= 0.6 is 0 Å². The zero-order chi connectivity index (χ0) is 26.0. The van der Waals surface area contributed by atoms with Crippen LogP contribution in [0.5, 0.6) is 5.75 Å². The number of allylic oxidation sites excluding steroid dienone is 1. The van der Waals surface area contributed by atoms with Crippen molar-refractivity contribution in [1.82, 2.24) is 4.90 Å². The lowest BCUT2D eigenvalue weighted by atomic mass is 9.95. The van der Waals surface area contributed by atoms with Gasteiger partial charge >= 0.3 is 0 Å². The minimum absolute atomic E-state index is 0.0911. The lowest BCUT2D eigenvalue weighted by Gasteiger charge is -2.27. The van der Waals surface area contributed by atoms with E-state index in [1.54, 1.807) is 11.0 Å². The first-order chi connectivity index (χ1) is 18.1. The van der Waals surface area contributed by atoms with Gasteiger partial charge in [0, 0.05) is 6.54 Å². The average Bonchev–Trinajstić information content (AvgIpc) is 3.19. The largest absolute Gasteiger partial charge is 0.503 e. The summed E-state index contributed by atoms with van der Waals surface area (Å²) >= 11 is 0. The first-order valence-electron chi connectivity index (χ1n) is 12.9. The van der Waals surface area contributed by atoms with Gasteiger partial charge < -0.3 is 14.7 Å². The number of nitrogens with zero attached hydrogens (tertiary/aromatic N) is 1. The summed E-state index contributed by atoms with van der Waals surface area (Å²) in [5.41, 5.74) is 2.76. The van der Waals surface area contributed by atoms with Gasteiger partial charge in [-0.15, -0.1) is 0 Å². The molecule has 0 spiro atoms. The van der Waals surface area contributed by atoms with Gasteiger partial charge in [-0.2, -0.15) is 0 Å². The topological polar surface area (TPSA) is 66.8 Å². The van der Waals surface area contributed by atoms with Gasteiger partial charge in [-0.25, -0.2) is 0 Å². The van der Waals surface area contributed by atoms with Crippen molar-refractivity contribution >= 4 is 17.8 Å². The molecule has 0 saturated heterocycles. The molecule has 1 aliphatic rings. The van der Waals surface area contributed by atoms with Crippen LogP contribution in [0, 0.1) is 0 Å². The van der Waals surface area contributed by atoms with Crippen molar-refractivity contribution in [1.29, 1.82) is 0 Å². The number of hydrogen-bond acceptors (Lipinski definition) is 4. The summed E-state index contributed by atoms with van der Waals surface area (Å²) in [6.45, 7) is 3.11. The van der Waals surface area contributed by atoms with E-state index in [9.17, 15) is 14.7 Å². The van der Waals surface area contributed by atoms with Crippen molar-refractivity contribution in [2.45, 2.75) is 38.6 Å². The van der Waals surface area contributed by atoms with Gasteiger partial charge in [-0.05, 0) is 47.7 Å². The van der Waals surface area contributed by atoms with E-state index in [2.05, 4.69) is 6.92 Å². The summed E-state index contributed by atoms with van der Waals surface area (Å²) in [5.74, 6) is -0.736. The smallest absolute Gasteiger partial charge is 0.290 e. The first-order valence-corrected chi connectivity index (χ1v) is 12.9. The van der Waals surface area contributed by atoms with Crippen LogP contribution in [0.1, 0.15) is 48.9 Å². The minimum Gasteiger partial charge on any atom is -0.503 e. The third kappa shape index (κ3) is 6.56. The van der Waals surface area contributed by atoms with Gasteiger partial charge in [-0.3, -0.25) is 9.59 Å². The van der Waals surface area contributed by atoms with Crippen LogP contribution in [0.2, 0.25) is 0 Å². The molecule has 1 amide bonds. The SMILES string of the molecule is CCCCCOc1cccc(C2C(C(=O)C=Cc3ccccc3)=C(O)C(=O)N2CCc2ccccc2)c1. The molecule has 37 heavy (non-hydrogen) atoms. The Morgan fingerprint density at radius 1 is 0.973 bits per heavy atom. The predicted molar refractivity (Wildman–Crippen MR) is 146 cm³/mol. The Balaban J connectivity index is 1.64. The number of rotatable bonds is 12.